The van der Waals surface area contributed by atoms with Crippen LogP contribution in [0.2, 0.25) is 0 Å². The number of hydrogen-bond acceptors (Lipinski definition) is 4. The Balaban J connectivity index is 1.91. The number of aryl methyl sites for hydroxylation is 2. The molecule has 82 valence electrons. The van der Waals surface area contributed by atoms with Crippen molar-refractivity contribution in [2.45, 2.75) is 32.7 Å². The first-order valence-electron chi connectivity index (χ1n) is 5.47. The number of aromatic nitrogens is 2. The van der Waals surface area contributed by atoms with E-state index in [-0.39, 0.29) is 6.04 Å². The van der Waals surface area contributed by atoms with E-state index >= 15 is 0 Å². The van der Waals surface area contributed by atoms with Crippen LogP contribution in [0.3, 0.4) is 0 Å². The molecule has 1 atom stereocenters. The summed E-state index contributed by atoms with van der Waals surface area (Å²) in [6.45, 7) is 4.68. The largest absolute Gasteiger partial charge is 0.368 e. The Hall–Kier alpha value is -1.16. The summed E-state index contributed by atoms with van der Waals surface area (Å²) in [5.74, 6) is 2.41. The van der Waals surface area contributed by atoms with Crippen LogP contribution in [0.15, 0.2) is 6.07 Å². The first-order chi connectivity index (χ1) is 7.15. The molecule has 4 nitrogen and oxygen atoms in total. The second-order valence-electron chi connectivity index (χ2n) is 4.32. The lowest BCUT2D eigenvalue weighted by Crippen LogP contribution is -2.31. The molecule has 4 heteroatoms. The molecule has 1 fully saturated rings. The van der Waals surface area contributed by atoms with Gasteiger partial charge in [0, 0.05) is 24.3 Å². The van der Waals surface area contributed by atoms with E-state index < -0.39 is 0 Å². The van der Waals surface area contributed by atoms with E-state index in [9.17, 15) is 0 Å². The molecular formula is C11H18N4. The van der Waals surface area contributed by atoms with Crippen LogP contribution in [0.5, 0.6) is 0 Å². The monoisotopic (exact) mass is 206 g/mol. The van der Waals surface area contributed by atoms with E-state index in [1.165, 1.54) is 12.8 Å². The molecule has 0 aromatic carbocycles. The number of hydrogen-bond donors (Lipinski definition) is 2. The summed E-state index contributed by atoms with van der Waals surface area (Å²) in [6, 6.07) is 2.22. The topological polar surface area (TPSA) is 63.8 Å². The molecular weight excluding hydrogens is 188 g/mol. The van der Waals surface area contributed by atoms with E-state index in [2.05, 4.69) is 15.3 Å². The summed E-state index contributed by atoms with van der Waals surface area (Å²) in [7, 11) is 0. The number of nitrogens with zero attached hydrogens (tertiary/aromatic N) is 2. The molecule has 0 saturated heterocycles. The van der Waals surface area contributed by atoms with Crippen molar-refractivity contribution in [3.05, 3.63) is 17.6 Å². The smallest absolute Gasteiger partial charge is 0.129 e. The Kier molecular flexibility index (Phi) is 2.86. The lowest BCUT2D eigenvalue weighted by Gasteiger charge is -2.12. The first-order valence-corrected chi connectivity index (χ1v) is 5.47. The minimum atomic E-state index is 0.264. The minimum Gasteiger partial charge on any atom is -0.368 e. The van der Waals surface area contributed by atoms with Crippen LogP contribution in [0.25, 0.3) is 0 Å². The van der Waals surface area contributed by atoms with Gasteiger partial charge in [0.15, 0.2) is 0 Å². The summed E-state index contributed by atoms with van der Waals surface area (Å²) in [4.78, 5) is 8.53. The van der Waals surface area contributed by atoms with Crippen molar-refractivity contribution in [1.82, 2.24) is 9.97 Å². The lowest BCUT2D eigenvalue weighted by atomic mass is 10.2. The number of nitrogens with one attached hydrogen (secondary N) is 1. The van der Waals surface area contributed by atoms with Gasteiger partial charge < -0.3 is 11.1 Å². The predicted octanol–water partition coefficient (Wildman–Crippen LogP) is 1.24. The third-order valence-electron chi connectivity index (χ3n) is 2.71. The molecule has 1 unspecified atom stereocenters. The van der Waals surface area contributed by atoms with Gasteiger partial charge in [0.05, 0.1) is 0 Å². The standard InChI is InChI=1S/C11H18N4/c1-7-5-11(15-8(2)14-7)13-6-10(12)9-3-4-9/h5,9-10H,3-4,6,12H2,1-2H3,(H,13,14,15). The normalized spacial score (nSPS) is 17.5. The van der Waals surface area contributed by atoms with Crippen LogP contribution in [0.4, 0.5) is 5.82 Å². The van der Waals surface area contributed by atoms with Gasteiger partial charge in [-0.25, -0.2) is 9.97 Å². The van der Waals surface area contributed by atoms with Crippen molar-refractivity contribution in [2.24, 2.45) is 11.7 Å². The van der Waals surface area contributed by atoms with Gasteiger partial charge in [-0.15, -0.1) is 0 Å². The summed E-state index contributed by atoms with van der Waals surface area (Å²) >= 11 is 0. The number of rotatable bonds is 4. The quantitative estimate of drug-likeness (QED) is 0.778. The Labute approximate surface area is 90.3 Å². The maximum absolute atomic E-state index is 6.00. The Morgan fingerprint density at radius 2 is 2.20 bits per heavy atom. The zero-order chi connectivity index (χ0) is 10.8. The van der Waals surface area contributed by atoms with Crippen molar-refractivity contribution in [3.8, 4) is 0 Å². The SMILES string of the molecule is Cc1cc(NCC(N)C2CC2)nc(C)n1. The Morgan fingerprint density at radius 3 is 2.80 bits per heavy atom. The fourth-order valence-corrected chi connectivity index (χ4v) is 1.72. The second-order valence-corrected chi connectivity index (χ2v) is 4.32. The highest BCUT2D eigenvalue weighted by atomic mass is 15.0. The van der Waals surface area contributed by atoms with Crippen LogP contribution < -0.4 is 11.1 Å². The van der Waals surface area contributed by atoms with Crippen molar-refractivity contribution in [3.63, 3.8) is 0 Å². The fraction of sp³-hybridized carbons (Fsp3) is 0.636. The maximum atomic E-state index is 6.00. The summed E-state index contributed by atoms with van der Waals surface area (Å²) in [6.07, 6.45) is 2.56. The Bertz CT molecular complexity index is 326. The molecule has 1 aliphatic rings. The molecule has 1 aliphatic carbocycles. The molecule has 0 spiro atoms. The average molecular weight is 206 g/mol. The van der Waals surface area contributed by atoms with E-state index in [1.54, 1.807) is 0 Å². The predicted molar refractivity (Wildman–Crippen MR) is 60.7 cm³/mol. The molecule has 1 aromatic heterocycles. The third kappa shape index (κ3) is 2.89. The third-order valence-corrected chi connectivity index (χ3v) is 2.71. The van der Waals surface area contributed by atoms with Gasteiger partial charge in [-0.3, -0.25) is 0 Å². The Morgan fingerprint density at radius 1 is 1.47 bits per heavy atom. The van der Waals surface area contributed by atoms with Crippen molar-refractivity contribution in [2.75, 3.05) is 11.9 Å². The summed E-state index contributed by atoms with van der Waals surface area (Å²) in [5.41, 5.74) is 6.99. The molecule has 1 heterocycles. The molecule has 1 aromatic rings. The van der Waals surface area contributed by atoms with Crippen LogP contribution in [-0.2, 0) is 0 Å². The van der Waals surface area contributed by atoms with Crippen LogP contribution in [0.1, 0.15) is 24.4 Å². The van der Waals surface area contributed by atoms with E-state index in [4.69, 9.17) is 5.73 Å². The molecule has 0 amide bonds. The summed E-state index contributed by atoms with van der Waals surface area (Å²) in [5, 5.41) is 3.27. The lowest BCUT2D eigenvalue weighted by molar-refractivity contribution is 0.619. The summed E-state index contributed by atoms with van der Waals surface area (Å²) < 4.78 is 0. The number of anilines is 1. The highest BCUT2D eigenvalue weighted by Crippen LogP contribution is 2.31. The maximum Gasteiger partial charge on any atom is 0.129 e. The van der Waals surface area contributed by atoms with Gasteiger partial charge in [-0.2, -0.15) is 0 Å². The minimum absolute atomic E-state index is 0.264. The van der Waals surface area contributed by atoms with Crippen molar-refractivity contribution < 1.29 is 0 Å². The molecule has 0 bridgehead atoms. The van der Waals surface area contributed by atoms with E-state index in [0.717, 1.165) is 29.8 Å². The van der Waals surface area contributed by atoms with Crippen LogP contribution >= 0.6 is 0 Å². The van der Waals surface area contributed by atoms with E-state index in [1.807, 2.05) is 19.9 Å². The van der Waals surface area contributed by atoms with E-state index in [0.29, 0.717) is 0 Å². The fourth-order valence-electron chi connectivity index (χ4n) is 1.72. The van der Waals surface area contributed by atoms with Gasteiger partial charge in [0.2, 0.25) is 0 Å². The highest BCUT2D eigenvalue weighted by molar-refractivity contribution is 5.35. The van der Waals surface area contributed by atoms with Gasteiger partial charge in [-0.1, -0.05) is 0 Å². The first kappa shape index (κ1) is 10.4. The van der Waals surface area contributed by atoms with Crippen molar-refractivity contribution in [1.29, 1.82) is 0 Å². The highest BCUT2D eigenvalue weighted by Gasteiger charge is 2.28. The van der Waals surface area contributed by atoms with Gasteiger partial charge in [-0.05, 0) is 32.6 Å². The van der Waals surface area contributed by atoms with Gasteiger partial charge >= 0.3 is 0 Å². The molecule has 0 radical (unpaired) electrons. The second kappa shape index (κ2) is 4.14. The molecule has 2 rings (SSSR count). The molecule has 3 N–H and O–H groups in total. The van der Waals surface area contributed by atoms with Crippen LogP contribution in [-0.4, -0.2) is 22.6 Å². The van der Waals surface area contributed by atoms with Crippen molar-refractivity contribution >= 4 is 5.82 Å². The van der Waals surface area contributed by atoms with Gasteiger partial charge in [0.25, 0.3) is 0 Å². The molecule has 1 saturated carbocycles. The zero-order valence-electron chi connectivity index (χ0n) is 9.33. The average Bonchev–Trinajstić information content (AvgIpc) is 2.95. The molecule has 0 aliphatic heterocycles. The molecule has 15 heavy (non-hydrogen) atoms. The van der Waals surface area contributed by atoms with Gasteiger partial charge in [0.1, 0.15) is 11.6 Å². The number of nitrogens with two attached hydrogens (primary N) is 1. The van der Waals surface area contributed by atoms with Crippen LogP contribution in [0, 0.1) is 19.8 Å². The zero-order valence-corrected chi connectivity index (χ0v) is 9.33.